The molecule has 1 saturated heterocycles. The molecule has 0 amide bonds. The van der Waals surface area contributed by atoms with Crippen molar-refractivity contribution in [1.82, 2.24) is 29.0 Å². The van der Waals surface area contributed by atoms with Gasteiger partial charge in [-0.15, -0.1) is 10.2 Å². The summed E-state index contributed by atoms with van der Waals surface area (Å²) in [4.78, 5) is 19.5. The van der Waals surface area contributed by atoms with E-state index in [1.54, 1.807) is 16.7 Å². The minimum Gasteiger partial charge on any atom is -0.388 e. The lowest BCUT2D eigenvalue weighted by Gasteiger charge is -2.31. The standard InChI is InChI=1S/C19H24N6O2/c1-13-5-3-8-25-17(27)9-15(20-18(13)25)11-24-7-4-6-14(10-24)19-22-21-16(12-26)23(19)2/h3,5,8-9,14,26H,4,6-7,10-12H2,1-2H3/t14-/m1/s1. The van der Waals surface area contributed by atoms with Crippen LogP contribution < -0.4 is 5.56 Å². The molecule has 0 radical (unpaired) electrons. The van der Waals surface area contributed by atoms with Crippen LogP contribution in [-0.2, 0) is 20.2 Å². The first-order valence-electron chi connectivity index (χ1n) is 9.26. The van der Waals surface area contributed by atoms with E-state index in [1.165, 1.54) is 0 Å². The van der Waals surface area contributed by atoms with E-state index in [0.717, 1.165) is 48.7 Å². The van der Waals surface area contributed by atoms with Gasteiger partial charge in [0.25, 0.3) is 5.56 Å². The molecule has 0 saturated carbocycles. The molecule has 8 heteroatoms. The van der Waals surface area contributed by atoms with E-state index in [9.17, 15) is 9.90 Å². The van der Waals surface area contributed by atoms with Gasteiger partial charge in [0.15, 0.2) is 5.82 Å². The number of hydrogen-bond acceptors (Lipinski definition) is 6. The molecule has 1 atom stereocenters. The van der Waals surface area contributed by atoms with Crippen LogP contribution in [0.25, 0.3) is 5.65 Å². The summed E-state index contributed by atoms with van der Waals surface area (Å²) in [6.45, 7) is 4.31. The van der Waals surface area contributed by atoms with Crippen molar-refractivity contribution < 1.29 is 5.11 Å². The van der Waals surface area contributed by atoms with Crippen LogP contribution in [0.4, 0.5) is 0 Å². The molecule has 0 unspecified atom stereocenters. The highest BCUT2D eigenvalue weighted by atomic mass is 16.3. The number of aryl methyl sites for hydroxylation is 1. The smallest absolute Gasteiger partial charge is 0.258 e. The molecule has 1 aliphatic rings. The Labute approximate surface area is 157 Å². The molecule has 4 rings (SSSR count). The molecule has 0 aliphatic carbocycles. The van der Waals surface area contributed by atoms with Crippen LogP contribution in [0, 0.1) is 6.92 Å². The van der Waals surface area contributed by atoms with Gasteiger partial charge in [-0.25, -0.2) is 4.98 Å². The van der Waals surface area contributed by atoms with Crippen molar-refractivity contribution in [3.63, 3.8) is 0 Å². The van der Waals surface area contributed by atoms with Gasteiger partial charge >= 0.3 is 0 Å². The van der Waals surface area contributed by atoms with E-state index in [2.05, 4.69) is 15.1 Å². The van der Waals surface area contributed by atoms with Gasteiger partial charge in [-0.2, -0.15) is 0 Å². The second kappa shape index (κ2) is 7.21. The van der Waals surface area contributed by atoms with Crippen LogP contribution in [0.15, 0.2) is 29.2 Å². The lowest BCUT2D eigenvalue weighted by atomic mass is 9.97. The zero-order valence-corrected chi connectivity index (χ0v) is 15.7. The Morgan fingerprint density at radius 3 is 2.96 bits per heavy atom. The topological polar surface area (TPSA) is 88.5 Å². The molecule has 142 valence electrons. The van der Waals surface area contributed by atoms with Crippen molar-refractivity contribution in [3.8, 4) is 0 Å². The number of fused-ring (bicyclic) bond motifs is 1. The van der Waals surface area contributed by atoms with Gasteiger partial charge in [0, 0.05) is 38.3 Å². The maximum absolute atomic E-state index is 12.4. The molecule has 1 fully saturated rings. The summed E-state index contributed by atoms with van der Waals surface area (Å²) >= 11 is 0. The third-order valence-corrected chi connectivity index (χ3v) is 5.34. The fraction of sp³-hybridized carbons (Fsp3) is 0.474. The third kappa shape index (κ3) is 3.38. The van der Waals surface area contributed by atoms with Crippen LogP contribution in [0.2, 0.25) is 0 Å². The molecule has 0 spiro atoms. The second-order valence-corrected chi connectivity index (χ2v) is 7.24. The average Bonchev–Trinajstić information content (AvgIpc) is 3.03. The summed E-state index contributed by atoms with van der Waals surface area (Å²) in [5.74, 6) is 1.76. The second-order valence-electron chi connectivity index (χ2n) is 7.24. The van der Waals surface area contributed by atoms with E-state index in [1.807, 2.05) is 30.7 Å². The highest BCUT2D eigenvalue weighted by Crippen LogP contribution is 2.26. The highest BCUT2D eigenvalue weighted by molar-refractivity contribution is 5.46. The van der Waals surface area contributed by atoms with Gasteiger partial charge in [0.2, 0.25) is 0 Å². The summed E-state index contributed by atoms with van der Waals surface area (Å²) in [6, 6.07) is 5.46. The Morgan fingerprint density at radius 1 is 1.33 bits per heavy atom. The monoisotopic (exact) mass is 368 g/mol. The predicted molar refractivity (Wildman–Crippen MR) is 100 cm³/mol. The number of pyridine rings is 1. The van der Waals surface area contributed by atoms with Gasteiger partial charge < -0.3 is 9.67 Å². The first-order chi connectivity index (χ1) is 13.1. The van der Waals surface area contributed by atoms with Crippen molar-refractivity contribution in [2.75, 3.05) is 13.1 Å². The Kier molecular flexibility index (Phi) is 4.75. The van der Waals surface area contributed by atoms with Crippen LogP contribution in [-0.4, -0.2) is 47.2 Å². The Bertz CT molecular complexity index is 1020. The molecule has 4 heterocycles. The molecular weight excluding hydrogens is 344 g/mol. The lowest BCUT2D eigenvalue weighted by Crippen LogP contribution is -2.35. The number of rotatable bonds is 4. The maximum atomic E-state index is 12.4. The van der Waals surface area contributed by atoms with Crippen molar-refractivity contribution in [1.29, 1.82) is 0 Å². The van der Waals surface area contributed by atoms with Crippen LogP contribution in [0.3, 0.4) is 0 Å². The normalized spacial score (nSPS) is 18.3. The number of piperidine rings is 1. The van der Waals surface area contributed by atoms with Gasteiger partial charge in [-0.3, -0.25) is 14.1 Å². The molecule has 8 nitrogen and oxygen atoms in total. The van der Waals surface area contributed by atoms with Gasteiger partial charge in [-0.1, -0.05) is 6.07 Å². The van der Waals surface area contributed by atoms with Gasteiger partial charge in [-0.05, 0) is 37.9 Å². The Hall–Kier alpha value is -2.58. The van der Waals surface area contributed by atoms with E-state index >= 15 is 0 Å². The van der Waals surface area contributed by atoms with E-state index in [-0.39, 0.29) is 18.1 Å². The number of likely N-dealkylation sites (tertiary alicyclic amines) is 1. The molecule has 0 bridgehead atoms. The molecule has 27 heavy (non-hydrogen) atoms. The number of aliphatic hydroxyl groups excluding tert-OH is 1. The fourth-order valence-electron chi connectivity index (χ4n) is 3.90. The SMILES string of the molecule is Cc1cccn2c(=O)cc(CN3CCC[C@@H](c4nnc(CO)n4C)C3)nc12. The van der Waals surface area contributed by atoms with Gasteiger partial charge in [0.1, 0.15) is 18.1 Å². The van der Waals surface area contributed by atoms with Crippen LogP contribution in [0.1, 0.15) is 41.7 Å². The number of aliphatic hydroxyl groups is 1. The first kappa shape index (κ1) is 17.8. The third-order valence-electron chi connectivity index (χ3n) is 5.34. The predicted octanol–water partition coefficient (Wildman–Crippen LogP) is 1.00. The number of hydrogen-bond donors (Lipinski definition) is 1. The van der Waals surface area contributed by atoms with E-state index in [4.69, 9.17) is 4.98 Å². The Morgan fingerprint density at radius 2 is 2.19 bits per heavy atom. The zero-order valence-electron chi connectivity index (χ0n) is 15.7. The molecule has 1 aliphatic heterocycles. The van der Waals surface area contributed by atoms with Crippen molar-refractivity contribution in [2.24, 2.45) is 7.05 Å². The zero-order chi connectivity index (χ0) is 19.0. The number of nitrogens with zero attached hydrogens (tertiary/aromatic N) is 6. The summed E-state index contributed by atoms with van der Waals surface area (Å²) in [5, 5.41) is 17.7. The van der Waals surface area contributed by atoms with Crippen LogP contribution in [0.5, 0.6) is 0 Å². The van der Waals surface area contributed by atoms with E-state index in [0.29, 0.717) is 12.4 Å². The molecule has 3 aromatic heterocycles. The average molecular weight is 368 g/mol. The highest BCUT2D eigenvalue weighted by Gasteiger charge is 2.26. The minimum absolute atomic E-state index is 0.0480. The van der Waals surface area contributed by atoms with Crippen molar-refractivity contribution in [2.45, 2.75) is 38.8 Å². The fourth-order valence-corrected chi connectivity index (χ4v) is 3.90. The summed E-state index contributed by atoms with van der Waals surface area (Å²) < 4.78 is 3.48. The summed E-state index contributed by atoms with van der Waals surface area (Å²) in [5.41, 5.74) is 2.45. The molecule has 0 aromatic carbocycles. The minimum atomic E-state index is -0.107. The Balaban J connectivity index is 1.56. The van der Waals surface area contributed by atoms with E-state index < -0.39 is 0 Å². The molecule has 1 N–H and O–H groups in total. The van der Waals surface area contributed by atoms with Gasteiger partial charge in [0.05, 0.1) is 5.69 Å². The quantitative estimate of drug-likeness (QED) is 0.739. The van der Waals surface area contributed by atoms with Crippen molar-refractivity contribution in [3.05, 3.63) is 57.7 Å². The molecule has 3 aromatic rings. The molecular formula is C19H24N6O2. The largest absolute Gasteiger partial charge is 0.388 e. The number of aromatic nitrogens is 5. The summed E-state index contributed by atoms with van der Waals surface area (Å²) in [6.07, 6.45) is 3.85. The van der Waals surface area contributed by atoms with Crippen LogP contribution >= 0.6 is 0 Å². The lowest BCUT2D eigenvalue weighted by molar-refractivity contribution is 0.192. The maximum Gasteiger partial charge on any atom is 0.258 e. The van der Waals surface area contributed by atoms with Crippen molar-refractivity contribution >= 4 is 5.65 Å². The first-order valence-corrected chi connectivity index (χ1v) is 9.26. The summed E-state index contributed by atoms with van der Waals surface area (Å²) in [7, 11) is 1.90.